The maximum absolute atomic E-state index is 12.3. The van der Waals surface area contributed by atoms with Gasteiger partial charge in [0.25, 0.3) is 5.91 Å². The fourth-order valence-corrected chi connectivity index (χ4v) is 3.72. The molecule has 2 aromatic carbocycles. The van der Waals surface area contributed by atoms with Crippen LogP contribution in [-0.4, -0.2) is 23.2 Å². The Balaban J connectivity index is 1.81. The average Bonchev–Trinajstić information content (AvgIpc) is 3.02. The highest BCUT2D eigenvalue weighted by Gasteiger charge is 2.14. The molecule has 0 aliphatic rings. The van der Waals surface area contributed by atoms with E-state index >= 15 is 0 Å². The number of carbonyl (C=O) groups excluding carboxylic acids is 1. The highest BCUT2D eigenvalue weighted by atomic mass is 32.1. The Labute approximate surface area is 150 Å². The number of benzene rings is 2. The van der Waals surface area contributed by atoms with Gasteiger partial charge in [-0.05, 0) is 56.2 Å². The molecule has 3 rings (SSSR count). The van der Waals surface area contributed by atoms with Crippen molar-refractivity contribution in [3.05, 3.63) is 58.7 Å². The molecule has 5 nitrogen and oxygen atoms in total. The first-order valence-corrected chi connectivity index (χ1v) is 8.66. The molecule has 0 spiro atoms. The van der Waals surface area contributed by atoms with Crippen molar-refractivity contribution in [2.45, 2.75) is 20.8 Å². The van der Waals surface area contributed by atoms with E-state index in [-0.39, 0.29) is 5.91 Å². The zero-order chi connectivity index (χ0) is 18.0. The molecule has 0 saturated carbocycles. The van der Waals surface area contributed by atoms with Crippen LogP contribution in [-0.2, 0) is 0 Å². The lowest BCUT2D eigenvalue weighted by molar-refractivity contribution is 0.102. The van der Waals surface area contributed by atoms with Crippen molar-refractivity contribution in [1.29, 1.82) is 0 Å². The van der Waals surface area contributed by atoms with Gasteiger partial charge in [0.15, 0.2) is 0 Å². The van der Waals surface area contributed by atoms with Crippen LogP contribution in [0, 0.1) is 20.8 Å². The molecule has 1 N–H and O–H groups in total. The fourth-order valence-electron chi connectivity index (χ4n) is 2.80. The number of rotatable bonds is 4. The van der Waals surface area contributed by atoms with Crippen molar-refractivity contribution in [2.24, 2.45) is 0 Å². The number of amides is 1. The summed E-state index contributed by atoms with van der Waals surface area (Å²) in [5.41, 5.74) is 5.15. The molecule has 0 radical (unpaired) electrons. The molecule has 0 bridgehead atoms. The number of anilines is 1. The van der Waals surface area contributed by atoms with E-state index in [1.165, 1.54) is 16.9 Å². The Morgan fingerprint density at radius 2 is 1.68 bits per heavy atom. The highest BCUT2D eigenvalue weighted by Crippen LogP contribution is 2.32. The number of aromatic nitrogens is 2. The molecule has 6 heteroatoms. The molecule has 0 aliphatic carbocycles. The Morgan fingerprint density at radius 1 is 1.04 bits per heavy atom. The first-order chi connectivity index (χ1) is 12.0. The Kier molecular flexibility index (Phi) is 4.81. The van der Waals surface area contributed by atoms with Crippen molar-refractivity contribution in [1.82, 2.24) is 10.2 Å². The van der Waals surface area contributed by atoms with Gasteiger partial charge in [-0.15, -0.1) is 10.2 Å². The summed E-state index contributed by atoms with van der Waals surface area (Å²) >= 11 is 1.37. The van der Waals surface area contributed by atoms with Gasteiger partial charge >= 0.3 is 0 Å². The minimum absolute atomic E-state index is 0.220. The number of carbonyl (C=O) groups is 1. The Hall–Kier alpha value is -2.73. The zero-order valence-corrected chi connectivity index (χ0v) is 15.4. The number of hydrogen-bond donors (Lipinski definition) is 1. The summed E-state index contributed by atoms with van der Waals surface area (Å²) in [7, 11) is 1.59. The Bertz CT molecular complexity index is 894. The van der Waals surface area contributed by atoms with Crippen LogP contribution in [0.1, 0.15) is 27.0 Å². The molecule has 0 atom stereocenters. The van der Waals surface area contributed by atoms with Crippen LogP contribution in [0.4, 0.5) is 5.13 Å². The van der Waals surface area contributed by atoms with E-state index in [1.807, 2.05) is 0 Å². The second kappa shape index (κ2) is 7.03. The number of aryl methyl sites for hydroxylation is 3. The van der Waals surface area contributed by atoms with Crippen molar-refractivity contribution in [3.63, 3.8) is 0 Å². The summed E-state index contributed by atoms with van der Waals surface area (Å²) in [6.45, 7) is 6.20. The third-order valence-electron chi connectivity index (χ3n) is 3.89. The van der Waals surface area contributed by atoms with Crippen molar-refractivity contribution >= 4 is 22.4 Å². The summed E-state index contributed by atoms with van der Waals surface area (Å²) < 4.78 is 5.10. The molecule has 1 aromatic heterocycles. The van der Waals surface area contributed by atoms with E-state index in [1.54, 1.807) is 31.4 Å². The number of nitrogens with zero attached hydrogens (tertiary/aromatic N) is 2. The number of methoxy groups -OCH3 is 1. The van der Waals surface area contributed by atoms with E-state index in [4.69, 9.17) is 4.74 Å². The van der Waals surface area contributed by atoms with Gasteiger partial charge < -0.3 is 4.74 Å². The van der Waals surface area contributed by atoms with Crippen molar-refractivity contribution in [3.8, 4) is 16.3 Å². The third-order valence-corrected chi connectivity index (χ3v) is 4.74. The van der Waals surface area contributed by atoms with E-state index in [0.717, 1.165) is 21.7 Å². The third kappa shape index (κ3) is 3.69. The van der Waals surface area contributed by atoms with Crippen molar-refractivity contribution < 1.29 is 9.53 Å². The van der Waals surface area contributed by atoms with Gasteiger partial charge in [0.2, 0.25) is 5.13 Å². The average molecular weight is 353 g/mol. The quantitative estimate of drug-likeness (QED) is 0.755. The molecule has 3 aromatic rings. The predicted octanol–water partition coefficient (Wildman–Crippen LogP) is 4.39. The van der Waals surface area contributed by atoms with Gasteiger partial charge in [-0.3, -0.25) is 10.1 Å². The van der Waals surface area contributed by atoms with E-state index < -0.39 is 0 Å². The Morgan fingerprint density at radius 3 is 2.28 bits per heavy atom. The molecular weight excluding hydrogens is 334 g/mol. The fraction of sp³-hybridized carbons (Fsp3) is 0.211. The number of hydrogen-bond acceptors (Lipinski definition) is 5. The summed E-state index contributed by atoms with van der Waals surface area (Å²) in [4.78, 5) is 12.3. The normalized spacial score (nSPS) is 10.6. The lowest BCUT2D eigenvalue weighted by Gasteiger charge is -2.07. The van der Waals surface area contributed by atoms with Gasteiger partial charge in [0, 0.05) is 11.1 Å². The summed E-state index contributed by atoms with van der Waals surface area (Å²) in [5.74, 6) is 0.489. The van der Waals surface area contributed by atoms with Gasteiger partial charge in [-0.1, -0.05) is 29.0 Å². The first kappa shape index (κ1) is 17.1. The summed E-state index contributed by atoms with van der Waals surface area (Å²) in [6, 6.07) is 11.2. The van der Waals surface area contributed by atoms with Crippen LogP contribution in [0.25, 0.3) is 10.6 Å². The minimum Gasteiger partial charge on any atom is -0.497 e. The minimum atomic E-state index is -0.220. The summed E-state index contributed by atoms with van der Waals surface area (Å²) in [6.07, 6.45) is 0. The van der Waals surface area contributed by atoms with Crippen LogP contribution in [0.15, 0.2) is 36.4 Å². The van der Waals surface area contributed by atoms with E-state index in [9.17, 15) is 4.79 Å². The lowest BCUT2D eigenvalue weighted by atomic mass is 10.0. The van der Waals surface area contributed by atoms with Gasteiger partial charge in [0.1, 0.15) is 10.8 Å². The zero-order valence-electron chi connectivity index (χ0n) is 14.6. The standard InChI is InChI=1S/C19H19N3O2S/c1-11-9-12(2)16(13(3)10-11)18-21-22-19(25-18)20-17(23)14-5-7-15(24-4)8-6-14/h5-10H,1-4H3,(H,20,22,23). The lowest BCUT2D eigenvalue weighted by Crippen LogP contribution is -2.11. The van der Waals surface area contributed by atoms with E-state index in [2.05, 4.69) is 48.4 Å². The maximum atomic E-state index is 12.3. The molecule has 0 unspecified atom stereocenters. The van der Waals surface area contributed by atoms with Gasteiger partial charge in [0.05, 0.1) is 7.11 Å². The maximum Gasteiger partial charge on any atom is 0.257 e. The van der Waals surface area contributed by atoms with Gasteiger partial charge in [-0.2, -0.15) is 0 Å². The second-order valence-corrected chi connectivity index (χ2v) is 6.85. The van der Waals surface area contributed by atoms with Crippen LogP contribution >= 0.6 is 11.3 Å². The highest BCUT2D eigenvalue weighted by molar-refractivity contribution is 7.18. The molecule has 0 saturated heterocycles. The van der Waals surface area contributed by atoms with Crippen LogP contribution < -0.4 is 10.1 Å². The monoisotopic (exact) mass is 353 g/mol. The van der Waals surface area contributed by atoms with Gasteiger partial charge in [-0.25, -0.2) is 0 Å². The topological polar surface area (TPSA) is 64.1 Å². The molecule has 25 heavy (non-hydrogen) atoms. The number of ether oxygens (including phenoxy) is 1. The second-order valence-electron chi connectivity index (χ2n) is 5.87. The SMILES string of the molecule is COc1ccc(C(=O)Nc2nnc(-c3c(C)cc(C)cc3C)s2)cc1. The van der Waals surface area contributed by atoms with Crippen molar-refractivity contribution in [2.75, 3.05) is 12.4 Å². The largest absolute Gasteiger partial charge is 0.497 e. The van der Waals surface area contributed by atoms with Crippen LogP contribution in [0.5, 0.6) is 5.75 Å². The predicted molar refractivity (Wildman–Crippen MR) is 101 cm³/mol. The molecule has 0 fully saturated rings. The molecule has 128 valence electrons. The van der Waals surface area contributed by atoms with Crippen LogP contribution in [0.2, 0.25) is 0 Å². The molecule has 1 heterocycles. The molecular formula is C19H19N3O2S. The summed E-state index contributed by atoms with van der Waals surface area (Å²) in [5, 5.41) is 12.4. The number of nitrogens with one attached hydrogen (secondary N) is 1. The van der Waals surface area contributed by atoms with Crippen LogP contribution in [0.3, 0.4) is 0 Å². The first-order valence-electron chi connectivity index (χ1n) is 7.85. The molecule has 1 amide bonds. The smallest absolute Gasteiger partial charge is 0.257 e. The van der Waals surface area contributed by atoms with E-state index in [0.29, 0.717) is 16.4 Å². The molecule has 0 aliphatic heterocycles.